The van der Waals surface area contributed by atoms with Crippen molar-refractivity contribution in [2.75, 3.05) is 0 Å². The fourth-order valence-electron chi connectivity index (χ4n) is 4.89. The fraction of sp³-hybridized carbons (Fsp3) is 0.400. The molecule has 1 nitrogen and oxygen atoms in total. The molecule has 1 fully saturated rings. The maximum absolute atomic E-state index is 4.75. The topological polar surface area (TPSA) is 12.9 Å². The van der Waals surface area contributed by atoms with E-state index >= 15 is 0 Å². The highest BCUT2D eigenvalue weighted by atomic mass is 14.7. The van der Waals surface area contributed by atoms with Crippen LogP contribution < -0.4 is 0 Å². The number of aryl methyl sites for hydroxylation is 3. The Bertz CT molecular complexity index is 928. The maximum atomic E-state index is 4.75. The van der Waals surface area contributed by atoms with Crippen LogP contribution in [0.15, 0.2) is 42.6 Å². The molecule has 1 unspecified atom stereocenters. The first kappa shape index (κ1) is 17.3. The van der Waals surface area contributed by atoms with Crippen LogP contribution in [0.4, 0.5) is 0 Å². The Balaban J connectivity index is 1.83. The number of benzene rings is 2. The van der Waals surface area contributed by atoms with Gasteiger partial charge in [-0.2, -0.15) is 0 Å². The first-order valence-electron chi connectivity index (χ1n) is 10.0. The van der Waals surface area contributed by atoms with Crippen LogP contribution in [-0.4, -0.2) is 4.98 Å². The summed E-state index contributed by atoms with van der Waals surface area (Å²) in [6, 6.07) is 13.7. The van der Waals surface area contributed by atoms with E-state index in [-0.39, 0.29) is 0 Å². The highest BCUT2D eigenvalue weighted by Gasteiger charge is 2.24. The van der Waals surface area contributed by atoms with E-state index < -0.39 is 0 Å². The van der Waals surface area contributed by atoms with Gasteiger partial charge < -0.3 is 0 Å². The summed E-state index contributed by atoms with van der Waals surface area (Å²) < 4.78 is 0. The third kappa shape index (κ3) is 3.16. The van der Waals surface area contributed by atoms with Crippen molar-refractivity contribution in [3.05, 3.63) is 64.8 Å². The molecule has 0 bridgehead atoms. The first-order valence-corrected chi connectivity index (χ1v) is 10.0. The van der Waals surface area contributed by atoms with Crippen molar-refractivity contribution < 1.29 is 0 Å². The average Bonchev–Trinajstić information content (AvgIpc) is 3.14. The lowest BCUT2D eigenvalue weighted by molar-refractivity contribution is 0.460. The molecule has 26 heavy (non-hydrogen) atoms. The lowest BCUT2D eigenvalue weighted by Crippen LogP contribution is -2.07. The van der Waals surface area contributed by atoms with Gasteiger partial charge in [0.15, 0.2) is 0 Å². The Hall–Kier alpha value is -2.15. The molecular formula is C25H29N. The lowest BCUT2D eigenvalue weighted by Gasteiger charge is -2.22. The zero-order valence-corrected chi connectivity index (χ0v) is 16.5. The van der Waals surface area contributed by atoms with Crippen molar-refractivity contribution in [2.24, 2.45) is 5.92 Å². The predicted octanol–water partition coefficient (Wildman–Crippen LogP) is 7.12. The van der Waals surface area contributed by atoms with E-state index in [1.165, 1.54) is 64.3 Å². The normalized spacial score (nSPS) is 16.3. The fourth-order valence-corrected chi connectivity index (χ4v) is 4.89. The van der Waals surface area contributed by atoms with Crippen LogP contribution in [0.2, 0.25) is 0 Å². The SMILES string of the molecule is Cc1cc(C)cc(-c2nccc3cc(C(C)C4CCCC4)c(C)cc23)c1. The van der Waals surface area contributed by atoms with Gasteiger partial charge in [-0.05, 0) is 86.2 Å². The quantitative estimate of drug-likeness (QED) is 0.493. The second-order valence-electron chi connectivity index (χ2n) is 8.30. The standard InChI is InChI=1S/C25H29N/c1-16-11-17(2)13-22(12-16)25-24-14-18(3)23(15-21(24)9-10-26-25)19(4)20-7-5-6-8-20/h9-15,19-20H,5-8H2,1-4H3. The molecule has 134 valence electrons. The Labute approximate surface area is 157 Å². The number of fused-ring (bicyclic) bond motifs is 1. The van der Waals surface area contributed by atoms with E-state index in [1.807, 2.05) is 6.20 Å². The van der Waals surface area contributed by atoms with E-state index in [9.17, 15) is 0 Å². The highest BCUT2D eigenvalue weighted by Crippen LogP contribution is 2.40. The van der Waals surface area contributed by atoms with Crippen LogP contribution in [0.5, 0.6) is 0 Å². The van der Waals surface area contributed by atoms with Crippen molar-refractivity contribution in [1.82, 2.24) is 4.98 Å². The number of aromatic nitrogens is 1. The summed E-state index contributed by atoms with van der Waals surface area (Å²) in [5.41, 5.74) is 7.86. The van der Waals surface area contributed by atoms with Crippen LogP contribution in [-0.2, 0) is 0 Å². The van der Waals surface area contributed by atoms with Gasteiger partial charge in [-0.3, -0.25) is 4.98 Å². The van der Waals surface area contributed by atoms with Gasteiger partial charge in [-0.1, -0.05) is 43.0 Å². The van der Waals surface area contributed by atoms with E-state index in [1.54, 1.807) is 0 Å². The first-order chi connectivity index (χ1) is 12.5. The highest BCUT2D eigenvalue weighted by molar-refractivity contribution is 5.95. The Kier molecular flexibility index (Phi) is 4.56. The molecule has 1 aromatic heterocycles. The molecule has 0 saturated heterocycles. The van der Waals surface area contributed by atoms with Gasteiger partial charge >= 0.3 is 0 Å². The molecule has 0 aliphatic heterocycles. The second-order valence-corrected chi connectivity index (χ2v) is 8.30. The summed E-state index contributed by atoms with van der Waals surface area (Å²) >= 11 is 0. The molecule has 0 amide bonds. The van der Waals surface area contributed by atoms with Crippen molar-refractivity contribution in [3.63, 3.8) is 0 Å². The molecule has 1 saturated carbocycles. The van der Waals surface area contributed by atoms with Crippen molar-refractivity contribution in [2.45, 2.75) is 59.3 Å². The number of pyridine rings is 1. The van der Waals surface area contributed by atoms with Crippen LogP contribution in [0.1, 0.15) is 60.8 Å². The van der Waals surface area contributed by atoms with Crippen molar-refractivity contribution >= 4 is 10.8 Å². The van der Waals surface area contributed by atoms with Crippen LogP contribution >= 0.6 is 0 Å². The Morgan fingerprint density at radius 3 is 2.31 bits per heavy atom. The van der Waals surface area contributed by atoms with Crippen molar-refractivity contribution in [1.29, 1.82) is 0 Å². The van der Waals surface area contributed by atoms with Gasteiger partial charge in [0, 0.05) is 17.1 Å². The minimum Gasteiger partial charge on any atom is -0.256 e. The number of nitrogens with zero attached hydrogens (tertiary/aromatic N) is 1. The van der Waals surface area contributed by atoms with Gasteiger partial charge in [0.25, 0.3) is 0 Å². The smallest absolute Gasteiger partial charge is 0.0780 e. The molecule has 1 aliphatic rings. The van der Waals surface area contributed by atoms with Crippen LogP contribution in [0.25, 0.3) is 22.0 Å². The molecule has 0 radical (unpaired) electrons. The molecule has 1 aliphatic carbocycles. The second kappa shape index (κ2) is 6.87. The monoisotopic (exact) mass is 343 g/mol. The van der Waals surface area contributed by atoms with E-state index in [2.05, 4.69) is 64.1 Å². The van der Waals surface area contributed by atoms with Crippen LogP contribution in [0.3, 0.4) is 0 Å². The Morgan fingerprint density at radius 2 is 1.62 bits per heavy atom. The Morgan fingerprint density at radius 1 is 0.923 bits per heavy atom. The van der Waals surface area contributed by atoms with E-state index in [0.717, 1.165) is 11.6 Å². The molecule has 1 heterocycles. The summed E-state index contributed by atoms with van der Waals surface area (Å²) in [4.78, 5) is 4.75. The average molecular weight is 344 g/mol. The molecule has 1 atom stereocenters. The van der Waals surface area contributed by atoms with Gasteiger partial charge in [-0.25, -0.2) is 0 Å². The zero-order valence-electron chi connectivity index (χ0n) is 16.5. The summed E-state index contributed by atoms with van der Waals surface area (Å²) in [7, 11) is 0. The van der Waals surface area contributed by atoms with Gasteiger partial charge in [0.2, 0.25) is 0 Å². The summed E-state index contributed by atoms with van der Waals surface area (Å²) in [5, 5.41) is 2.59. The third-order valence-corrected chi connectivity index (χ3v) is 6.24. The molecule has 0 spiro atoms. The number of rotatable bonds is 3. The summed E-state index contributed by atoms with van der Waals surface area (Å²) in [6.07, 6.45) is 7.56. The van der Waals surface area contributed by atoms with Crippen molar-refractivity contribution in [3.8, 4) is 11.3 Å². The van der Waals surface area contributed by atoms with Crippen LogP contribution in [0, 0.1) is 26.7 Å². The number of hydrogen-bond acceptors (Lipinski definition) is 1. The minimum atomic E-state index is 0.653. The lowest BCUT2D eigenvalue weighted by atomic mass is 9.83. The third-order valence-electron chi connectivity index (χ3n) is 6.24. The molecule has 4 rings (SSSR count). The molecular weight excluding hydrogens is 314 g/mol. The number of hydrogen-bond donors (Lipinski definition) is 0. The van der Waals surface area contributed by atoms with Gasteiger partial charge in [0.05, 0.1) is 5.69 Å². The van der Waals surface area contributed by atoms with E-state index in [4.69, 9.17) is 4.98 Å². The molecule has 3 aromatic rings. The largest absolute Gasteiger partial charge is 0.256 e. The van der Waals surface area contributed by atoms with Gasteiger partial charge in [-0.15, -0.1) is 0 Å². The molecule has 1 heteroatoms. The minimum absolute atomic E-state index is 0.653. The zero-order chi connectivity index (χ0) is 18.3. The maximum Gasteiger partial charge on any atom is 0.0780 e. The molecule has 2 aromatic carbocycles. The summed E-state index contributed by atoms with van der Waals surface area (Å²) in [6.45, 7) is 9.03. The molecule has 0 N–H and O–H groups in total. The van der Waals surface area contributed by atoms with Gasteiger partial charge in [0.1, 0.15) is 0 Å². The predicted molar refractivity (Wildman–Crippen MR) is 112 cm³/mol. The summed E-state index contributed by atoms with van der Waals surface area (Å²) in [5.74, 6) is 1.51. The van der Waals surface area contributed by atoms with E-state index in [0.29, 0.717) is 5.92 Å².